The Morgan fingerprint density at radius 1 is 1.36 bits per heavy atom. The second-order valence-electron chi connectivity index (χ2n) is 1.62. The lowest BCUT2D eigenvalue weighted by Gasteiger charge is -2.02. The van der Waals surface area contributed by atoms with Gasteiger partial charge in [0.2, 0.25) is 0 Å². The quantitative estimate of drug-likeness (QED) is 0.366. The van der Waals surface area contributed by atoms with E-state index in [2.05, 4.69) is 4.89 Å². The lowest BCUT2D eigenvalue weighted by molar-refractivity contribution is -0.656. The van der Waals surface area contributed by atoms with Crippen LogP contribution in [0.5, 0.6) is 0 Å². The van der Waals surface area contributed by atoms with Crippen molar-refractivity contribution < 1.29 is 20.0 Å². The van der Waals surface area contributed by atoms with Crippen LogP contribution in [0.2, 0.25) is 0 Å². The normalized spacial score (nSPS) is 6.36. The van der Waals surface area contributed by atoms with E-state index >= 15 is 0 Å². The summed E-state index contributed by atoms with van der Waals surface area (Å²) in [5.74, 6) is -0.801. The Bertz CT molecular complexity index is 74.1. The van der Waals surface area contributed by atoms with E-state index in [0.29, 0.717) is 0 Å². The van der Waals surface area contributed by atoms with E-state index < -0.39 is 12.1 Å². The van der Waals surface area contributed by atoms with Gasteiger partial charge in [0, 0.05) is 6.92 Å². The predicted octanol–water partition coefficient (Wildman–Crippen LogP) is -0.668. The molecule has 6 heteroatoms. The SMILES string of the molecule is CC(=O)O[O-].CC(C)[O-].[NH4+].[NH4+]. The molecule has 8 N–H and O–H groups in total. The highest BCUT2D eigenvalue weighted by Gasteiger charge is 1.71. The Morgan fingerprint density at radius 3 is 1.45 bits per heavy atom. The molecule has 0 aliphatic carbocycles. The molecule has 0 unspecified atom stereocenters. The number of carbonyl (C=O) groups excluding carboxylic acids is 1. The maximum Gasteiger partial charge on any atom is 0.296 e. The van der Waals surface area contributed by atoms with Crippen LogP contribution in [0.1, 0.15) is 20.8 Å². The molecule has 0 saturated carbocycles. The lowest BCUT2D eigenvalue weighted by atomic mass is 10.5. The minimum atomic E-state index is -0.801. The second kappa shape index (κ2) is 16.1. The van der Waals surface area contributed by atoms with Crippen LogP contribution in [0.15, 0.2) is 0 Å². The molecule has 0 spiro atoms. The average molecular weight is 170 g/mol. The Kier molecular flexibility index (Phi) is 32.9. The van der Waals surface area contributed by atoms with Gasteiger partial charge in [-0.2, -0.15) is 0 Å². The molecule has 11 heavy (non-hydrogen) atoms. The van der Waals surface area contributed by atoms with Gasteiger partial charge >= 0.3 is 0 Å². The number of hydrogen-bond donors (Lipinski definition) is 2. The van der Waals surface area contributed by atoms with Crippen molar-refractivity contribution in [2.45, 2.75) is 26.9 Å². The zero-order valence-electron chi connectivity index (χ0n) is 7.71. The number of quaternary nitrogens is 2. The van der Waals surface area contributed by atoms with Crippen LogP contribution in [0, 0.1) is 0 Å². The van der Waals surface area contributed by atoms with Crippen molar-refractivity contribution in [3.8, 4) is 0 Å². The van der Waals surface area contributed by atoms with Crippen LogP contribution in [-0.4, -0.2) is 12.1 Å². The first-order chi connectivity index (χ1) is 4.00. The largest absolute Gasteiger partial charge is 0.852 e. The fourth-order valence-corrected chi connectivity index (χ4v) is 0. The van der Waals surface area contributed by atoms with Crippen molar-refractivity contribution in [1.82, 2.24) is 12.3 Å². The van der Waals surface area contributed by atoms with Crippen LogP contribution >= 0.6 is 0 Å². The standard InChI is InChI=1S/C3H7O.C2H4O3.2H3N/c1-3(2)4;1-2(3)5-4;;/h3H,1-2H3;4H,1H3;2*1H3/q-1;;;/p+1. The highest BCUT2D eigenvalue weighted by atomic mass is 17.1. The van der Waals surface area contributed by atoms with Crippen LogP contribution in [0.25, 0.3) is 0 Å². The molecule has 0 saturated heterocycles. The summed E-state index contributed by atoms with van der Waals surface area (Å²) in [7, 11) is 0. The first-order valence-electron chi connectivity index (χ1n) is 2.47. The fourth-order valence-electron chi connectivity index (χ4n) is 0. The van der Waals surface area contributed by atoms with Gasteiger partial charge < -0.3 is 27.6 Å². The second-order valence-corrected chi connectivity index (χ2v) is 1.62. The third-order valence-corrected chi connectivity index (χ3v) is 0.117. The summed E-state index contributed by atoms with van der Waals surface area (Å²) in [5.41, 5.74) is 0. The van der Waals surface area contributed by atoms with Gasteiger partial charge in [0.15, 0.2) is 0 Å². The van der Waals surface area contributed by atoms with Gasteiger partial charge in [-0.1, -0.05) is 13.8 Å². The molecule has 0 atom stereocenters. The molecule has 6 nitrogen and oxygen atoms in total. The highest BCUT2D eigenvalue weighted by molar-refractivity contribution is 5.64. The van der Waals surface area contributed by atoms with Gasteiger partial charge in [-0.15, -0.1) is 6.10 Å². The summed E-state index contributed by atoms with van der Waals surface area (Å²) in [6.45, 7) is 4.27. The van der Waals surface area contributed by atoms with Crippen molar-refractivity contribution in [3.05, 3.63) is 0 Å². The van der Waals surface area contributed by atoms with E-state index in [9.17, 15) is 9.90 Å². The summed E-state index contributed by atoms with van der Waals surface area (Å²) in [4.78, 5) is 12.1. The maximum atomic E-state index is 9.53. The van der Waals surface area contributed by atoms with Crippen LogP contribution < -0.4 is 22.7 Å². The summed E-state index contributed by atoms with van der Waals surface area (Å²) < 4.78 is 0. The molecular formula is C5H18N2O4. The Labute approximate surface area is 66.3 Å². The van der Waals surface area contributed by atoms with Crippen LogP contribution in [0.4, 0.5) is 0 Å². The van der Waals surface area contributed by atoms with Gasteiger partial charge in [0.1, 0.15) is 0 Å². The van der Waals surface area contributed by atoms with E-state index in [1.54, 1.807) is 13.8 Å². The van der Waals surface area contributed by atoms with Crippen LogP contribution in [-0.2, 0) is 9.68 Å². The van der Waals surface area contributed by atoms with Gasteiger partial charge in [-0.05, 0) is 0 Å². The van der Waals surface area contributed by atoms with Gasteiger partial charge in [-0.25, -0.2) is 0 Å². The van der Waals surface area contributed by atoms with Crippen molar-refractivity contribution in [2.24, 2.45) is 0 Å². The van der Waals surface area contributed by atoms with E-state index in [4.69, 9.17) is 5.26 Å². The maximum absolute atomic E-state index is 9.53. The topological polar surface area (TPSA) is 145 Å². The minimum Gasteiger partial charge on any atom is -0.852 e. The number of carbonyl (C=O) groups is 1. The summed E-state index contributed by atoms with van der Waals surface area (Å²) in [6, 6.07) is 0. The van der Waals surface area contributed by atoms with E-state index in [1.165, 1.54) is 0 Å². The number of rotatable bonds is 0. The zero-order valence-corrected chi connectivity index (χ0v) is 7.71. The van der Waals surface area contributed by atoms with Crippen LogP contribution in [0.3, 0.4) is 0 Å². The molecule has 0 rings (SSSR count). The predicted molar refractivity (Wildman–Crippen MR) is 38.9 cm³/mol. The molecule has 0 fully saturated rings. The molecule has 0 aromatic carbocycles. The van der Waals surface area contributed by atoms with Crippen molar-refractivity contribution >= 4 is 5.97 Å². The molecule has 0 bridgehead atoms. The van der Waals surface area contributed by atoms with Crippen molar-refractivity contribution in [3.63, 3.8) is 0 Å². The first kappa shape index (κ1) is 22.4. The molecule has 72 valence electrons. The number of hydrogen-bond acceptors (Lipinski definition) is 4. The molecule has 0 aliphatic heterocycles. The van der Waals surface area contributed by atoms with Gasteiger partial charge in [0.25, 0.3) is 5.97 Å². The smallest absolute Gasteiger partial charge is 0.296 e. The summed E-state index contributed by atoms with van der Waals surface area (Å²) in [5, 5.41) is 18.3. The highest BCUT2D eigenvalue weighted by Crippen LogP contribution is 1.57. The Hall–Kier alpha value is -0.690. The van der Waals surface area contributed by atoms with E-state index in [1.807, 2.05) is 0 Å². The minimum absolute atomic E-state index is 0. The third-order valence-electron chi connectivity index (χ3n) is 0.117. The monoisotopic (exact) mass is 170 g/mol. The van der Waals surface area contributed by atoms with E-state index in [-0.39, 0.29) is 12.3 Å². The molecule has 0 aromatic heterocycles. The summed E-state index contributed by atoms with van der Waals surface area (Å²) >= 11 is 0. The zero-order chi connectivity index (χ0) is 7.86. The molecule has 0 amide bonds. The molecular weight excluding hydrogens is 152 g/mol. The fraction of sp³-hybridized carbons (Fsp3) is 0.800. The van der Waals surface area contributed by atoms with Crippen molar-refractivity contribution in [2.75, 3.05) is 0 Å². The van der Waals surface area contributed by atoms with E-state index in [0.717, 1.165) is 6.92 Å². The molecule has 0 aliphatic rings. The average Bonchev–Trinajstić information content (AvgIpc) is 1.65. The third kappa shape index (κ3) is 290. The summed E-state index contributed by atoms with van der Waals surface area (Å²) in [6.07, 6.45) is -0.417. The first-order valence-corrected chi connectivity index (χ1v) is 2.47. The Balaban J connectivity index is -0.0000000383. The molecule has 0 heterocycles. The van der Waals surface area contributed by atoms with Gasteiger partial charge in [0.05, 0.1) is 0 Å². The Morgan fingerprint density at radius 2 is 1.45 bits per heavy atom. The van der Waals surface area contributed by atoms with Crippen molar-refractivity contribution in [1.29, 1.82) is 0 Å². The molecule has 0 aromatic rings. The lowest BCUT2D eigenvalue weighted by Crippen LogP contribution is -2.14. The van der Waals surface area contributed by atoms with Gasteiger partial charge in [-0.3, -0.25) is 4.79 Å². The molecule has 0 radical (unpaired) electrons.